The Kier molecular flexibility index (Phi) is 42.0. The minimum absolute atomic E-state index is 0. The molecule has 2 saturated heterocycles. The summed E-state index contributed by atoms with van der Waals surface area (Å²) in [7, 11) is 1.63. The number of guanidine groups is 1. The van der Waals surface area contributed by atoms with E-state index >= 15 is 0 Å². The van der Waals surface area contributed by atoms with Gasteiger partial charge in [0.2, 0.25) is 65.0 Å². The van der Waals surface area contributed by atoms with Crippen molar-refractivity contribution >= 4 is 88.5 Å². The van der Waals surface area contributed by atoms with Crippen molar-refractivity contribution in [2.45, 2.75) is 222 Å². The number of carboxylic acids is 1. The van der Waals surface area contributed by atoms with Crippen molar-refractivity contribution < 1.29 is 93.3 Å². The second-order valence-corrected chi connectivity index (χ2v) is 25.0. The Hall–Kier alpha value is -8.81. The molecule has 2 fully saturated rings. The van der Waals surface area contributed by atoms with Crippen molar-refractivity contribution in [2.24, 2.45) is 33.8 Å². The number of amides is 11. The average Bonchev–Trinajstić information content (AvgIpc) is 1.73. The van der Waals surface area contributed by atoms with Crippen molar-refractivity contribution in [3.63, 3.8) is 0 Å². The first-order valence-electron chi connectivity index (χ1n) is 34.3. The molecule has 25 N–H and O–H groups in total. The average molecular weight is 1440 g/mol. The van der Waals surface area contributed by atoms with E-state index in [-0.39, 0.29) is 119 Å². The Balaban J connectivity index is -0.00000226. The van der Waals surface area contributed by atoms with E-state index in [0.717, 1.165) is 0 Å². The fourth-order valence-corrected chi connectivity index (χ4v) is 10.6. The van der Waals surface area contributed by atoms with Gasteiger partial charge in [-0.1, -0.05) is 57.5 Å². The van der Waals surface area contributed by atoms with E-state index in [9.17, 15) is 82.4 Å². The molecule has 2 aliphatic heterocycles. The maximum atomic E-state index is 14.2. The van der Waals surface area contributed by atoms with Gasteiger partial charge >= 0.3 is 5.97 Å². The number of nitrogens with one attached hydrogen (secondary N) is 13. The minimum atomic E-state index is -1.69. The Morgan fingerprint density at radius 3 is 1.85 bits per heavy atom. The number of Topliss-reactive ketones (excluding diaryl/α,β-unsaturated/α-hetero) is 2. The number of hydrogen-bond donors (Lipinski definition) is 21. The lowest BCUT2D eigenvalue weighted by Crippen LogP contribution is -2.60. The predicted molar refractivity (Wildman–Crippen MR) is 378 cm³/mol. The molecule has 36 heteroatoms. The maximum Gasteiger partial charge on any atom is 0.303 e. The molecular weight excluding hydrogens is 1320 g/mol. The van der Waals surface area contributed by atoms with Gasteiger partial charge in [-0.05, 0) is 110 Å². The highest BCUT2D eigenvalue weighted by Crippen LogP contribution is 2.15. The Morgan fingerprint density at radius 2 is 1.26 bits per heavy atom. The SMILES string of the molecule is CCC(=O)C(NC(=O)C1CCCC(NC(=O)CNCCC(=O)CCC(=O)O)C(=O)NC(CCCN=C(N)N)C(=O)NC(Cc2ccccc2)C(=O)NCC(=O)NC(C(C)O)C(=O)N1)C(C)O.CCC(C)C1NC(=O)C(CCCCN)NC(=O)C(CO)NC(=O)C(NC)CCCC(CN)NC1=O.[HH].[HH].[HH].[HH]. The van der Waals surface area contributed by atoms with E-state index in [1.807, 2.05) is 13.8 Å². The molecule has 0 bridgehead atoms. The molecule has 576 valence electrons. The van der Waals surface area contributed by atoms with Crippen molar-refractivity contribution in [1.29, 1.82) is 0 Å². The van der Waals surface area contributed by atoms with Gasteiger partial charge in [0.15, 0.2) is 11.7 Å². The van der Waals surface area contributed by atoms with Gasteiger partial charge < -0.3 is 112 Å². The van der Waals surface area contributed by atoms with Crippen molar-refractivity contribution in [3.8, 4) is 0 Å². The lowest BCUT2D eigenvalue weighted by atomic mass is 9.96. The van der Waals surface area contributed by atoms with Crippen LogP contribution in [0.3, 0.4) is 0 Å². The highest BCUT2D eigenvalue weighted by atomic mass is 16.4. The second kappa shape index (κ2) is 48.1. The number of carbonyl (C=O) groups is 14. The number of aliphatic hydroxyl groups is 3. The molecule has 11 amide bonds. The summed E-state index contributed by atoms with van der Waals surface area (Å²) in [5.41, 5.74) is 23.0. The van der Waals surface area contributed by atoms with Crippen LogP contribution in [0, 0.1) is 5.92 Å². The largest absolute Gasteiger partial charge is 0.481 e. The number of nitrogens with zero attached hydrogens (tertiary/aromatic N) is 1. The lowest BCUT2D eigenvalue weighted by Gasteiger charge is -2.29. The molecule has 0 radical (unpaired) electrons. The normalized spacial score (nSPS) is 23.9. The highest BCUT2D eigenvalue weighted by Gasteiger charge is 2.37. The Labute approximate surface area is 594 Å². The summed E-state index contributed by atoms with van der Waals surface area (Å²) in [6.07, 6.45) is -0.513. The molecular formula is C65H118N18O18. The molecule has 2 aliphatic rings. The van der Waals surface area contributed by atoms with Crippen LogP contribution in [-0.4, -0.2) is 240 Å². The van der Waals surface area contributed by atoms with Crippen molar-refractivity contribution in [2.75, 3.05) is 52.9 Å². The van der Waals surface area contributed by atoms with Gasteiger partial charge in [-0.2, -0.15) is 0 Å². The van der Waals surface area contributed by atoms with Gasteiger partial charge in [0.25, 0.3) is 0 Å². The molecule has 36 nitrogen and oxygen atoms in total. The molecule has 0 saturated carbocycles. The monoisotopic (exact) mass is 1440 g/mol. The van der Waals surface area contributed by atoms with Gasteiger partial charge in [0.05, 0.1) is 44.4 Å². The standard InChI is InChI=1S/C42H65N11O13.C23H45N7O5.4H2/c1-4-31(57)35(23(2)54)53-40(65)28-13-8-12-27(48-32(58)21-45-19-17-26(56)15-16-34(60)61)38(63)49-29(14-9-18-46-42(43)44)39(64)51-30(20-25-10-6-5-7-11-25)37(62)47-22-33(59)52-36(24(3)55)41(66)50-28;1-4-14(2)19-23(35)27-15(12-25)8-7-10-16(26-3)20(32)29-18(13-31)22(34)28-17(21(33)30-19)9-5-6-11-24;;;;/h5-7,10-11,23-24,27-30,35-36,45,54-55H,4,8-9,12-22H2,1-3H3,(H,47,62)(H,48,58)(H,49,63)(H,50,66)(H,51,64)(H,52,59)(H,53,65)(H,60,61)(H4,43,44,46);14-19,26,31H,4-13,24-25H2,1-3H3,(H,27,35)(H,28,34)(H,29,32)(H,30,33);4*1H. The third-order valence-corrected chi connectivity index (χ3v) is 16.8. The number of ketones is 2. The summed E-state index contributed by atoms with van der Waals surface area (Å²) in [6, 6.07) is -4.07. The van der Waals surface area contributed by atoms with E-state index in [1.54, 1.807) is 37.4 Å². The van der Waals surface area contributed by atoms with E-state index in [1.165, 1.54) is 20.8 Å². The molecule has 1 aromatic carbocycles. The third kappa shape index (κ3) is 33.9. The molecule has 1 aromatic rings. The van der Waals surface area contributed by atoms with Crippen LogP contribution < -0.4 is 92.1 Å². The van der Waals surface area contributed by atoms with E-state index in [0.29, 0.717) is 57.1 Å². The van der Waals surface area contributed by atoms with Gasteiger partial charge in [0.1, 0.15) is 60.2 Å². The number of unbranched alkanes of at least 4 members (excludes halogenated alkanes) is 1. The first-order valence-corrected chi connectivity index (χ1v) is 34.3. The molecule has 2 heterocycles. The number of benzene rings is 1. The zero-order valence-corrected chi connectivity index (χ0v) is 58.7. The number of rotatable bonds is 30. The third-order valence-electron chi connectivity index (χ3n) is 16.8. The van der Waals surface area contributed by atoms with Gasteiger partial charge in [-0.15, -0.1) is 0 Å². The number of likely N-dealkylation sites (N-methyl/N-ethyl adjacent to an activating group) is 1. The highest BCUT2D eigenvalue weighted by molar-refractivity contribution is 5.98. The van der Waals surface area contributed by atoms with Crippen LogP contribution in [0.5, 0.6) is 0 Å². The van der Waals surface area contributed by atoms with E-state index < -0.39 is 163 Å². The summed E-state index contributed by atoms with van der Waals surface area (Å²) in [4.78, 5) is 187. The number of carbonyl (C=O) groups excluding carboxylic acids is 13. The quantitative estimate of drug-likeness (QED) is 0.0194. The molecule has 3 rings (SSSR count). The maximum absolute atomic E-state index is 14.2. The lowest BCUT2D eigenvalue weighted by molar-refractivity contribution is -0.138. The second-order valence-electron chi connectivity index (χ2n) is 25.0. The molecule has 14 atom stereocenters. The summed E-state index contributed by atoms with van der Waals surface area (Å²) in [5.74, 6) is -10.6. The van der Waals surface area contributed by atoms with Gasteiger partial charge in [-0.25, -0.2) is 0 Å². The number of aliphatic carboxylic acids is 1. The molecule has 0 aliphatic carbocycles. The molecule has 0 spiro atoms. The van der Waals surface area contributed by atoms with Crippen LogP contribution in [0.4, 0.5) is 0 Å². The summed E-state index contributed by atoms with van der Waals surface area (Å²) in [6.45, 7) is 6.70. The van der Waals surface area contributed by atoms with Crippen molar-refractivity contribution in [3.05, 3.63) is 35.9 Å². The van der Waals surface area contributed by atoms with Gasteiger partial charge in [0, 0.05) is 57.1 Å². The van der Waals surface area contributed by atoms with E-state index in [2.05, 4.69) is 74.1 Å². The fourth-order valence-electron chi connectivity index (χ4n) is 10.6. The summed E-state index contributed by atoms with van der Waals surface area (Å²) >= 11 is 0. The van der Waals surface area contributed by atoms with Gasteiger partial charge in [-0.3, -0.25) is 72.1 Å². The fraction of sp³-hybridized carbons (Fsp3) is 0.677. The Bertz CT molecular complexity index is 2930. The van der Waals surface area contributed by atoms with Crippen LogP contribution in [0.2, 0.25) is 0 Å². The van der Waals surface area contributed by atoms with Crippen LogP contribution >= 0.6 is 0 Å². The van der Waals surface area contributed by atoms with Crippen LogP contribution in [0.1, 0.15) is 149 Å². The number of nitrogens with two attached hydrogens (primary N) is 4. The predicted octanol–water partition coefficient (Wildman–Crippen LogP) is -5.55. The van der Waals surface area contributed by atoms with E-state index in [4.69, 9.17) is 28.0 Å². The smallest absolute Gasteiger partial charge is 0.303 e. The first kappa shape index (κ1) is 88.3. The number of aliphatic imine (C=N–C) groups is 1. The minimum Gasteiger partial charge on any atom is -0.481 e. The molecule has 0 aromatic heterocycles. The number of aliphatic hydroxyl groups excluding tert-OH is 3. The Morgan fingerprint density at radius 1 is 0.663 bits per heavy atom. The van der Waals surface area contributed by atoms with Crippen LogP contribution in [0.15, 0.2) is 35.3 Å². The topological polar surface area (TPSA) is 593 Å². The van der Waals surface area contributed by atoms with Crippen LogP contribution in [0.25, 0.3) is 0 Å². The number of hydrogen-bond acceptors (Lipinski definition) is 22. The number of carboxylic acid groups (broad SMARTS) is 1. The summed E-state index contributed by atoms with van der Waals surface area (Å²) in [5, 5.41) is 73.5. The van der Waals surface area contributed by atoms with Crippen molar-refractivity contribution in [1.82, 2.24) is 69.1 Å². The zero-order chi connectivity index (χ0) is 75.7. The summed E-state index contributed by atoms with van der Waals surface area (Å²) < 4.78 is 0. The molecule has 14 unspecified atom stereocenters. The first-order chi connectivity index (χ1) is 47.9. The molecule has 101 heavy (non-hydrogen) atoms. The zero-order valence-electron chi connectivity index (χ0n) is 58.7. The van der Waals surface area contributed by atoms with Crippen LogP contribution in [-0.2, 0) is 73.5 Å².